The SMILES string of the molecule is CC12C=CC=CC1c1cc3c4ccccc4n(C4N=C(c5ccccc5)C=C(c5ccccc5)N4)c3cc1N2c1ccccc1. The molecule has 3 atom stereocenters. The quantitative estimate of drug-likeness (QED) is 0.225. The van der Waals surface area contributed by atoms with Crippen LogP contribution in [0.2, 0.25) is 0 Å². The van der Waals surface area contributed by atoms with Gasteiger partial charge in [0.15, 0.2) is 0 Å². The summed E-state index contributed by atoms with van der Waals surface area (Å²) in [6.45, 7) is 2.36. The molecule has 0 amide bonds. The summed E-state index contributed by atoms with van der Waals surface area (Å²) in [5.41, 5.74) is 10.2. The van der Waals surface area contributed by atoms with Crippen molar-refractivity contribution in [3.63, 3.8) is 0 Å². The van der Waals surface area contributed by atoms with Crippen molar-refractivity contribution in [3.8, 4) is 0 Å². The molecular formula is C41H32N4. The highest BCUT2D eigenvalue weighted by Gasteiger charge is 2.47. The van der Waals surface area contributed by atoms with E-state index in [0.29, 0.717) is 0 Å². The minimum Gasteiger partial charge on any atom is -0.346 e. The van der Waals surface area contributed by atoms with Crippen LogP contribution in [0.1, 0.15) is 35.8 Å². The van der Waals surface area contributed by atoms with Crippen molar-refractivity contribution in [2.45, 2.75) is 24.7 Å². The van der Waals surface area contributed by atoms with Gasteiger partial charge < -0.3 is 14.8 Å². The molecular weight excluding hydrogens is 548 g/mol. The van der Waals surface area contributed by atoms with Crippen LogP contribution in [0, 0.1) is 0 Å². The number of nitrogens with zero attached hydrogens (tertiary/aromatic N) is 3. The lowest BCUT2D eigenvalue weighted by Crippen LogP contribution is -2.41. The molecule has 45 heavy (non-hydrogen) atoms. The van der Waals surface area contributed by atoms with Gasteiger partial charge in [0.2, 0.25) is 6.29 Å². The maximum Gasteiger partial charge on any atom is 0.201 e. The van der Waals surface area contributed by atoms with Crippen LogP contribution < -0.4 is 10.2 Å². The Balaban J connectivity index is 1.30. The fraction of sp³-hybridized carbons (Fsp3) is 0.0976. The average molecular weight is 581 g/mol. The Morgan fingerprint density at radius 2 is 1.38 bits per heavy atom. The van der Waals surface area contributed by atoms with Crippen molar-refractivity contribution in [1.29, 1.82) is 0 Å². The second-order valence-electron chi connectivity index (χ2n) is 12.3. The van der Waals surface area contributed by atoms with Gasteiger partial charge in [0.1, 0.15) is 0 Å². The zero-order valence-electron chi connectivity index (χ0n) is 25.0. The van der Waals surface area contributed by atoms with E-state index in [1.54, 1.807) is 0 Å². The van der Waals surface area contributed by atoms with E-state index in [1.807, 2.05) is 0 Å². The van der Waals surface area contributed by atoms with E-state index in [0.717, 1.165) is 33.6 Å². The second kappa shape index (κ2) is 9.96. The smallest absolute Gasteiger partial charge is 0.201 e. The lowest BCUT2D eigenvalue weighted by atomic mass is 9.80. The maximum atomic E-state index is 5.38. The van der Waals surface area contributed by atoms with Crippen molar-refractivity contribution >= 4 is 44.6 Å². The van der Waals surface area contributed by atoms with Crippen LogP contribution in [-0.4, -0.2) is 15.8 Å². The first-order valence-electron chi connectivity index (χ1n) is 15.6. The molecule has 3 heterocycles. The summed E-state index contributed by atoms with van der Waals surface area (Å²) in [5.74, 6) is 0.243. The van der Waals surface area contributed by atoms with Crippen molar-refractivity contribution in [2.75, 3.05) is 4.90 Å². The van der Waals surface area contributed by atoms with Crippen LogP contribution in [-0.2, 0) is 0 Å². The highest BCUT2D eigenvalue weighted by molar-refractivity contribution is 6.14. The summed E-state index contributed by atoms with van der Waals surface area (Å²) in [7, 11) is 0. The summed E-state index contributed by atoms with van der Waals surface area (Å²) in [6, 6.07) is 45.4. The average Bonchev–Trinajstić information content (AvgIpc) is 3.56. The normalized spacial score (nSPS) is 21.8. The van der Waals surface area contributed by atoms with Gasteiger partial charge in [0, 0.05) is 33.8 Å². The molecule has 0 radical (unpaired) electrons. The van der Waals surface area contributed by atoms with Gasteiger partial charge in [-0.1, -0.05) is 121 Å². The molecule has 9 rings (SSSR count). The fourth-order valence-electron chi connectivity index (χ4n) is 7.56. The fourth-order valence-corrected chi connectivity index (χ4v) is 7.56. The number of anilines is 2. The van der Waals surface area contributed by atoms with Gasteiger partial charge in [-0.15, -0.1) is 0 Å². The summed E-state index contributed by atoms with van der Waals surface area (Å²) in [6.07, 6.45) is 10.9. The second-order valence-corrected chi connectivity index (χ2v) is 12.3. The molecule has 0 spiro atoms. The lowest BCUT2D eigenvalue weighted by Gasteiger charge is -2.39. The molecule has 4 heteroatoms. The summed E-state index contributed by atoms with van der Waals surface area (Å²) >= 11 is 0. The third-order valence-electron chi connectivity index (χ3n) is 9.63. The Hall–Kier alpha value is -5.61. The predicted octanol–water partition coefficient (Wildman–Crippen LogP) is 9.50. The molecule has 0 fully saturated rings. The van der Waals surface area contributed by atoms with Crippen molar-refractivity contribution in [3.05, 3.63) is 174 Å². The van der Waals surface area contributed by atoms with Crippen LogP contribution in [0.4, 0.5) is 11.4 Å². The van der Waals surface area contributed by atoms with Crippen LogP contribution in [0.15, 0.2) is 163 Å². The number of allylic oxidation sites excluding steroid dienone is 3. The van der Waals surface area contributed by atoms with Gasteiger partial charge in [-0.05, 0) is 60.0 Å². The van der Waals surface area contributed by atoms with E-state index in [4.69, 9.17) is 4.99 Å². The highest BCUT2D eigenvalue weighted by Crippen LogP contribution is 2.55. The number of aliphatic imine (C=N–C) groups is 1. The van der Waals surface area contributed by atoms with E-state index in [-0.39, 0.29) is 17.7 Å². The van der Waals surface area contributed by atoms with Crippen LogP contribution >= 0.6 is 0 Å². The molecule has 2 aliphatic heterocycles. The van der Waals surface area contributed by atoms with E-state index >= 15 is 0 Å². The standard InChI is InChI=1S/C41H32N4/c1-41-24-14-13-22-34(41)33-25-32-31-21-11-12-23-37(31)44(38(32)27-39(33)45(41)30-19-9-4-10-20-30)40-42-35(28-15-5-2-6-16-28)26-36(43-40)29-17-7-3-8-18-29/h2-27,34,40,42H,1H3. The Morgan fingerprint density at radius 3 is 2.16 bits per heavy atom. The molecule has 1 aliphatic carbocycles. The van der Waals surface area contributed by atoms with E-state index in [2.05, 4.69) is 179 Å². The van der Waals surface area contributed by atoms with Crippen LogP contribution in [0.3, 0.4) is 0 Å². The first kappa shape index (κ1) is 25.8. The third kappa shape index (κ3) is 3.95. The van der Waals surface area contributed by atoms with Gasteiger partial charge in [-0.25, -0.2) is 4.99 Å². The Morgan fingerprint density at radius 1 is 0.689 bits per heavy atom. The summed E-state index contributed by atoms with van der Waals surface area (Å²) in [4.78, 5) is 7.91. The molecule has 4 nitrogen and oxygen atoms in total. The predicted molar refractivity (Wildman–Crippen MR) is 187 cm³/mol. The van der Waals surface area contributed by atoms with Gasteiger partial charge in [-0.3, -0.25) is 0 Å². The molecule has 0 saturated heterocycles. The van der Waals surface area contributed by atoms with Crippen molar-refractivity contribution < 1.29 is 0 Å². The number of aromatic nitrogens is 1. The molecule has 0 saturated carbocycles. The number of fused-ring (bicyclic) bond motifs is 6. The van der Waals surface area contributed by atoms with Gasteiger partial charge in [-0.2, -0.15) is 0 Å². The highest BCUT2D eigenvalue weighted by atomic mass is 15.3. The van der Waals surface area contributed by atoms with Gasteiger partial charge in [0.05, 0.1) is 22.3 Å². The van der Waals surface area contributed by atoms with E-state index in [9.17, 15) is 0 Å². The number of hydrogen-bond donors (Lipinski definition) is 1. The molecule has 1 aromatic heterocycles. The molecule has 1 N–H and O–H groups in total. The number of rotatable bonds is 4. The van der Waals surface area contributed by atoms with Crippen LogP contribution in [0.5, 0.6) is 0 Å². The lowest BCUT2D eigenvalue weighted by molar-refractivity contribution is 0.508. The molecule has 216 valence electrons. The summed E-state index contributed by atoms with van der Waals surface area (Å²) in [5, 5.41) is 6.31. The van der Waals surface area contributed by atoms with Gasteiger partial charge in [0.25, 0.3) is 0 Å². The zero-order chi connectivity index (χ0) is 30.0. The largest absolute Gasteiger partial charge is 0.346 e. The number of hydrogen-bond acceptors (Lipinski definition) is 3. The zero-order valence-corrected chi connectivity index (χ0v) is 25.0. The van der Waals surface area contributed by atoms with Crippen molar-refractivity contribution in [2.24, 2.45) is 4.99 Å². The minimum absolute atomic E-state index is 0.206. The number of benzene rings is 5. The van der Waals surface area contributed by atoms with E-state index in [1.165, 1.54) is 27.7 Å². The molecule has 0 bridgehead atoms. The molecule has 5 aromatic carbocycles. The first-order valence-corrected chi connectivity index (χ1v) is 15.6. The van der Waals surface area contributed by atoms with Gasteiger partial charge >= 0.3 is 0 Å². The van der Waals surface area contributed by atoms with Crippen molar-refractivity contribution in [1.82, 2.24) is 9.88 Å². The van der Waals surface area contributed by atoms with Crippen LogP contribution in [0.25, 0.3) is 27.5 Å². The Kier molecular flexibility index (Phi) is 5.72. The molecule has 3 unspecified atom stereocenters. The molecule has 3 aliphatic rings. The maximum absolute atomic E-state index is 5.38. The van der Waals surface area contributed by atoms with E-state index < -0.39 is 0 Å². The monoisotopic (exact) mass is 580 g/mol. The number of nitrogens with one attached hydrogen (secondary N) is 1. The Labute approximate surface area is 263 Å². The third-order valence-corrected chi connectivity index (χ3v) is 9.63. The molecule has 6 aromatic rings. The number of para-hydroxylation sites is 2. The first-order chi connectivity index (χ1) is 22.2. The Bertz CT molecular complexity index is 2210. The summed E-state index contributed by atoms with van der Waals surface area (Å²) < 4.78 is 2.39. The topological polar surface area (TPSA) is 32.6 Å². The minimum atomic E-state index is -0.343.